The number of thiophene rings is 1. The van der Waals surface area contributed by atoms with Crippen molar-refractivity contribution >= 4 is 68.4 Å². The molecule has 2 aliphatic heterocycles. The van der Waals surface area contributed by atoms with Gasteiger partial charge in [-0.2, -0.15) is 5.10 Å². The molecule has 5 aromatic rings. The van der Waals surface area contributed by atoms with Crippen LogP contribution in [0.4, 0.5) is 5.82 Å². The third-order valence-electron chi connectivity index (χ3n) is 12.7. The Bertz CT molecular complexity index is 2620. The number of aryl methyl sites for hydroxylation is 2. The Kier molecular flexibility index (Phi) is 9.08. The maximum absolute atomic E-state index is 15.2. The highest BCUT2D eigenvalue weighted by Gasteiger charge is 2.68. The second kappa shape index (κ2) is 13.9. The normalized spacial score (nSPS) is 25.2. The number of carboxylic acid groups (broad SMARTS) is 1. The lowest BCUT2D eigenvalue weighted by atomic mass is 9.51. The van der Waals surface area contributed by atoms with Gasteiger partial charge in [0.2, 0.25) is 23.6 Å². The van der Waals surface area contributed by atoms with Crippen LogP contribution in [0, 0.1) is 36.0 Å². The number of likely N-dealkylation sites (tertiary alicyclic amines) is 1. The molecule has 2 aromatic heterocycles. The first-order chi connectivity index (χ1) is 27.8. The van der Waals surface area contributed by atoms with E-state index >= 15 is 4.79 Å². The van der Waals surface area contributed by atoms with Crippen LogP contribution in [-0.4, -0.2) is 61.0 Å². The van der Waals surface area contributed by atoms with Crippen LogP contribution in [0.15, 0.2) is 84.4 Å². The lowest BCUT2D eigenvalue weighted by Crippen LogP contribution is -2.49. The number of ether oxygens (including phenoxy) is 1. The summed E-state index contributed by atoms with van der Waals surface area (Å²) >= 11 is 7.86. The van der Waals surface area contributed by atoms with Crippen molar-refractivity contribution in [3.05, 3.63) is 106 Å². The maximum atomic E-state index is 15.2. The number of aromatic nitrogens is 2. The summed E-state index contributed by atoms with van der Waals surface area (Å²) in [6.45, 7) is 3.74. The second-order valence-corrected chi connectivity index (χ2v) is 17.3. The van der Waals surface area contributed by atoms with Crippen molar-refractivity contribution in [3.63, 3.8) is 0 Å². The van der Waals surface area contributed by atoms with E-state index in [9.17, 15) is 29.4 Å². The van der Waals surface area contributed by atoms with Crippen molar-refractivity contribution in [2.75, 3.05) is 11.4 Å². The average molecular weight is 819 g/mol. The highest BCUT2D eigenvalue weighted by Crippen LogP contribution is 2.64. The summed E-state index contributed by atoms with van der Waals surface area (Å²) in [6.07, 6.45) is 1.80. The Morgan fingerprint density at radius 2 is 1.78 bits per heavy atom. The number of rotatable bonds is 9. The fourth-order valence-electron chi connectivity index (χ4n) is 9.88. The summed E-state index contributed by atoms with van der Waals surface area (Å²) in [6, 6.07) is 21.9. The summed E-state index contributed by atoms with van der Waals surface area (Å²) in [5, 5.41) is 27.5. The van der Waals surface area contributed by atoms with E-state index in [2.05, 4.69) is 0 Å². The molecule has 0 spiro atoms. The van der Waals surface area contributed by atoms with Crippen molar-refractivity contribution < 1.29 is 38.9 Å². The highest BCUT2D eigenvalue weighted by molar-refractivity contribution is 7.22. The molecule has 0 bridgehead atoms. The number of phenolic OH excluding ortho intramolecular Hbond substituents is 1. The molecule has 3 aromatic carbocycles. The van der Waals surface area contributed by atoms with E-state index in [0.717, 1.165) is 31.0 Å². The third-order valence-corrected chi connectivity index (χ3v) is 14.2. The molecule has 296 valence electrons. The second-order valence-electron chi connectivity index (χ2n) is 15.8. The lowest BCUT2D eigenvalue weighted by molar-refractivity contribution is -0.142. The smallest absolute Gasteiger partial charge is 0.305 e. The number of halogens is 1. The summed E-state index contributed by atoms with van der Waals surface area (Å²) in [5.74, 6) is -6.45. The van der Waals surface area contributed by atoms with Crippen LogP contribution in [0.1, 0.15) is 48.8 Å². The molecule has 2 aliphatic carbocycles. The number of allylic oxidation sites excluding steroid dienone is 2. The van der Waals surface area contributed by atoms with Crippen molar-refractivity contribution in [1.29, 1.82) is 0 Å². The fourth-order valence-corrected chi connectivity index (χ4v) is 11.2. The molecule has 1 saturated carbocycles. The summed E-state index contributed by atoms with van der Waals surface area (Å²) < 4.78 is 8.56. The first kappa shape index (κ1) is 37.8. The molecule has 0 radical (unpaired) electrons. The van der Waals surface area contributed by atoms with Crippen molar-refractivity contribution in [2.24, 2.45) is 36.1 Å². The molecular weight excluding hydrogens is 780 g/mol. The Hall–Kier alpha value is -5.79. The number of phenols is 1. The van der Waals surface area contributed by atoms with Gasteiger partial charge < -0.3 is 14.9 Å². The Morgan fingerprint density at radius 1 is 1.00 bits per heavy atom. The zero-order valence-corrected chi connectivity index (χ0v) is 33.4. The first-order valence-electron chi connectivity index (χ1n) is 19.2. The van der Waals surface area contributed by atoms with Gasteiger partial charge in [-0.05, 0) is 73.4 Å². The number of hydrogen-bond acceptors (Lipinski definition) is 9. The van der Waals surface area contributed by atoms with Gasteiger partial charge in [-0.15, -0.1) is 11.3 Å². The molecular formula is C44H39ClN4O8S. The van der Waals surface area contributed by atoms with Gasteiger partial charge in [-0.25, -0.2) is 4.90 Å². The van der Waals surface area contributed by atoms with Gasteiger partial charge >= 0.3 is 5.97 Å². The third kappa shape index (κ3) is 5.77. The number of anilines is 1. The molecule has 14 heteroatoms. The van der Waals surface area contributed by atoms with Gasteiger partial charge in [0, 0.05) is 46.9 Å². The van der Waals surface area contributed by atoms with Crippen molar-refractivity contribution in [2.45, 2.75) is 45.6 Å². The number of benzene rings is 3. The van der Waals surface area contributed by atoms with Crippen LogP contribution >= 0.6 is 22.9 Å². The van der Waals surface area contributed by atoms with E-state index in [1.807, 2.05) is 61.5 Å². The number of nitrogens with zero attached hydrogens (tertiary/aromatic N) is 4. The molecule has 9 rings (SSSR count). The van der Waals surface area contributed by atoms with Crippen LogP contribution in [0.3, 0.4) is 0 Å². The first-order valence-corrected chi connectivity index (χ1v) is 20.3. The zero-order chi connectivity index (χ0) is 40.8. The molecule has 6 atom stereocenters. The van der Waals surface area contributed by atoms with E-state index in [1.54, 1.807) is 32.2 Å². The maximum Gasteiger partial charge on any atom is 0.305 e. The lowest BCUT2D eigenvalue weighted by Gasteiger charge is -2.49. The van der Waals surface area contributed by atoms with E-state index in [-0.39, 0.29) is 44.0 Å². The van der Waals surface area contributed by atoms with Crippen LogP contribution in [-0.2, 0) is 37.6 Å². The monoisotopic (exact) mass is 818 g/mol. The Balaban J connectivity index is 1.12. The van der Waals surface area contributed by atoms with Gasteiger partial charge in [-0.1, -0.05) is 59.6 Å². The van der Waals surface area contributed by atoms with Crippen LogP contribution in [0.2, 0.25) is 5.02 Å². The Labute approximate surface area is 342 Å². The van der Waals surface area contributed by atoms with Gasteiger partial charge in [0.1, 0.15) is 29.6 Å². The van der Waals surface area contributed by atoms with Gasteiger partial charge in [-0.3, -0.25) is 33.6 Å². The highest BCUT2D eigenvalue weighted by atomic mass is 35.5. The SMILES string of the molecule is Cc1c(-c2cc(N3C(=O)[C@@H]4C[C@@H]5C(=CC[C@@H]6C(=O)N(CCC(=O)O)C(=O)[C@@H]65)[C@H](c5ccc(OCc6ccccc6)cc5O)[C@]4(C)C3=O)n(C)n2)sc2ccc(Cl)cc12. The van der Waals surface area contributed by atoms with Crippen LogP contribution in [0.25, 0.3) is 20.7 Å². The predicted octanol–water partition coefficient (Wildman–Crippen LogP) is 7.25. The van der Waals surface area contributed by atoms with Gasteiger partial charge in [0.15, 0.2) is 0 Å². The molecule has 4 amide bonds. The number of imide groups is 2. The molecule has 2 N–H and O–H groups in total. The van der Waals surface area contributed by atoms with Crippen molar-refractivity contribution in [3.8, 4) is 22.1 Å². The minimum absolute atomic E-state index is 0.104. The number of hydrogen-bond donors (Lipinski definition) is 2. The van der Waals surface area contributed by atoms with E-state index in [0.29, 0.717) is 27.6 Å². The topological polar surface area (TPSA) is 159 Å². The molecule has 4 heterocycles. The zero-order valence-electron chi connectivity index (χ0n) is 31.8. The molecule has 58 heavy (non-hydrogen) atoms. The number of amides is 4. The number of fused-ring (bicyclic) bond motifs is 5. The van der Waals surface area contributed by atoms with Crippen molar-refractivity contribution in [1.82, 2.24) is 14.7 Å². The van der Waals surface area contributed by atoms with Gasteiger partial charge in [0.25, 0.3) is 0 Å². The van der Waals surface area contributed by atoms with E-state index < -0.39 is 64.6 Å². The molecule has 3 fully saturated rings. The number of aromatic hydroxyl groups is 1. The van der Waals surface area contributed by atoms with Crippen LogP contribution in [0.5, 0.6) is 11.5 Å². The van der Waals surface area contributed by atoms with E-state index in [1.165, 1.54) is 27.0 Å². The van der Waals surface area contributed by atoms with E-state index in [4.69, 9.17) is 21.4 Å². The standard InChI is InChI=1S/C44H39ClN4O8S/c1-22-29-17-24(45)9-14-34(29)58-39(22)32-20-35(47(3)46-32)49-41(54)31-19-30-26(12-13-28-37(30)42(55)48(40(28)53)16-15-36(51)52)38(44(31,2)43(49)56)27-11-10-25(18-33(27)50)57-21-23-7-5-4-6-8-23/h4-12,14,17-18,20,28,30-31,37-38,50H,13,15-16,19,21H2,1-3H3,(H,51,52)/t28-,30+,31-,37-,38+,44+/m0/s1. The number of carbonyl (C=O) groups excluding carboxylic acids is 4. The minimum Gasteiger partial charge on any atom is -0.508 e. The molecule has 4 aliphatic rings. The molecule has 2 saturated heterocycles. The number of aliphatic carboxylic acids is 1. The minimum atomic E-state index is -1.42. The van der Waals surface area contributed by atoms with Gasteiger partial charge in [0.05, 0.1) is 34.5 Å². The largest absolute Gasteiger partial charge is 0.508 e. The average Bonchev–Trinajstić information content (AvgIpc) is 3.87. The summed E-state index contributed by atoms with van der Waals surface area (Å²) in [7, 11) is 1.68. The fraction of sp³-hybridized carbons (Fsp3) is 0.318. The number of carboxylic acids is 1. The summed E-state index contributed by atoms with van der Waals surface area (Å²) in [5.41, 5.74) is 2.16. The molecule has 12 nitrogen and oxygen atoms in total. The number of carbonyl (C=O) groups is 5. The quantitative estimate of drug-likeness (QED) is 0.115. The Morgan fingerprint density at radius 3 is 2.52 bits per heavy atom. The van der Waals surface area contributed by atoms with Crippen LogP contribution < -0.4 is 9.64 Å². The molecule has 0 unspecified atom stereocenters. The predicted molar refractivity (Wildman–Crippen MR) is 216 cm³/mol. The summed E-state index contributed by atoms with van der Waals surface area (Å²) in [4.78, 5) is 72.4.